The van der Waals surface area contributed by atoms with E-state index in [-0.39, 0.29) is 5.41 Å². The molecule has 0 aliphatic carbocycles. The zero-order valence-corrected chi connectivity index (χ0v) is 8.38. The van der Waals surface area contributed by atoms with Gasteiger partial charge in [0.1, 0.15) is 0 Å². The highest BCUT2D eigenvalue weighted by Crippen LogP contribution is 2.30. The summed E-state index contributed by atoms with van der Waals surface area (Å²) in [6, 6.07) is 0. The van der Waals surface area contributed by atoms with Crippen LogP contribution in [-0.2, 0) is 0 Å². The topological polar surface area (TPSA) is 43.1 Å². The number of nitro groups is 1. The van der Waals surface area contributed by atoms with Crippen LogP contribution in [0.3, 0.4) is 0 Å². The molecule has 0 aromatic heterocycles. The summed E-state index contributed by atoms with van der Waals surface area (Å²) in [5.74, 6) is 0. The maximum atomic E-state index is 9.98. The molecule has 0 heterocycles. The van der Waals surface area contributed by atoms with Crippen molar-refractivity contribution in [2.75, 3.05) is 0 Å². The SMILES string of the molecule is CC(C)(C)/C(I)=C\[N+](=O)[O-]. The van der Waals surface area contributed by atoms with Gasteiger partial charge in [0.05, 0.1) is 8.50 Å². The minimum Gasteiger partial charge on any atom is -0.259 e. The zero-order chi connectivity index (χ0) is 8.36. The summed E-state index contributed by atoms with van der Waals surface area (Å²) in [4.78, 5) is 9.56. The van der Waals surface area contributed by atoms with E-state index in [1.165, 1.54) is 0 Å². The molecular formula is C6H10INO2. The number of nitrogens with zero attached hydrogens (tertiary/aromatic N) is 1. The van der Waals surface area contributed by atoms with Gasteiger partial charge in [0.15, 0.2) is 0 Å². The van der Waals surface area contributed by atoms with E-state index < -0.39 is 4.92 Å². The normalized spacial score (nSPS) is 13.4. The highest BCUT2D eigenvalue weighted by Gasteiger charge is 2.16. The Morgan fingerprint density at radius 2 is 2.00 bits per heavy atom. The van der Waals surface area contributed by atoms with Crippen molar-refractivity contribution in [1.29, 1.82) is 0 Å². The Labute approximate surface area is 73.8 Å². The van der Waals surface area contributed by atoms with Crippen LogP contribution in [0.5, 0.6) is 0 Å². The fourth-order valence-corrected chi connectivity index (χ4v) is 0.514. The Bertz CT molecular complexity index is 169. The molecular weight excluding hydrogens is 245 g/mol. The lowest BCUT2D eigenvalue weighted by atomic mass is 9.97. The van der Waals surface area contributed by atoms with E-state index in [1.54, 1.807) is 0 Å². The Balaban J connectivity index is 4.35. The molecule has 0 fully saturated rings. The molecule has 4 heteroatoms. The predicted molar refractivity (Wildman–Crippen MR) is 48.6 cm³/mol. The second kappa shape index (κ2) is 3.32. The number of halogens is 1. The minimum absolute atomic E-state index is 0.104. The van der Waals surface area contributed by atoms with Crippen LogP contribution in [0, 0.1) is 15.5 Å². The largest absolute Gasteiger partial charge is 0.259 e. The van der Waals surface area contributed by atoms with Gasteiger partial charge in [-0.05, 0) is 28.0 Å². The first-order valence-electron chi connectivity index (χ1n) is 2.85. The molecule has 0 N–H and O–H groups in total. The number of hydrogen-bond acceptors (Lipinski definition) is 2. The Kier molecular flexibility index (Phi) is 3.27. The minimum atomic E-state index is -0.424. The molecule has 0 radical (unpaired) electrons. The van der Waals surface area contributed by atoms with Gasteiger partial charge in [-0.2, -0.15) is 0 Å². The first-order valence-corrected chi connectivity index (χ1v) is 3.93. The maximum Gasteiger partial charge on any atom is 0.244 e. The van der Waals surface area contributed by atoms with Crippen LogP contribution >= 0.6 is 22.6 Å². The molecule has 0 saturated heterocycles. The number of allylic oxidation sites excluding steroid dienone is 1. The van der Waals surface area contributed by atoms with Crippen LogP contribution in [0.25, 0.3) is 0 Å². The van der Waals surface area contributed by atoms with E-state index in [4.69, 9.17) is 0 Å². The molecule has 0 aliphatic rings. The van der Waals surface area contributed by atoms with Gasteiger partial charge in [-0.3, -0.25) is 10.1 Å². The molecule has 58 valence electrons. The van der Waals surface area contributed by atoms with E-state index >= 15 is 0 Å². The Hall–Kier alpha value is -0.130. The lowest BCUT2D eigenvalue weighted by molar-refractivity contribution is -0.403. The van der Waals surface area contributed by atoms with Gasteiger partial charge < -0.3 is 0 Å². The van der Waals surface area contributed by atoms with Crippen molar-refractivity contribution < 1.29 is 4.92 Å². The van der Waals surface area contributed by atoms with Gasteiger partial charge in [0, 0.05) is 0 Å². The molecule has 10 heavy (non-hydrogen) atoms. The first kappa shape index (κ1) is 9.87. The quantitative estimate of drug-likeness (QED) is 0.410. The lowest BCUT2D eigenvalue weighted by Crippen LogP contribution is -2.05. The molecule has 0 rings (SSSR count). The van der Waals surface area contributed by atoms with Crippen LogP contribution in [0.4, 0.5) is 0 Å². The van der Waals surface area contributed by atoms with Crippen LogP contribution in [0.2, 0.25) is 0 Å². The molecule has 0 unspecified atom stereocenters. The second-order valence-corrected chi connectivity index (χ2v) is 4.17. The van der Waals surface area contributed by atoms with E-state index in [0.717, 1.165) is 9.78 Å². The number of rotatable bonds is 1. The number of hydrogen-bond donors (Lipinski definition) is 0. The molecule has 0 amide bonds. The third-order valence-electron chi connectivity index (χ3n) is 0.935. The maximum absolute atomic E-state index is 9.98. The van der Waals surface area contributed by atoms with Crippen LogP contribution in [-0.4, -0.2) is 4.92 Å². The fraction of sp³-hybridized carbons (Fsp3) is 0.667. The first-order chi connectivity index (χ1) is 4.34. The molecule has 0 aliphatic heterocycles. The molecule has 0 aromatic rings. The van der Waals surface area contributed by atoms with Crippen molar-refractivity contribution in [2.45, 2.75) is 20.8 Å². The smallest absolute Gasteiger partial charge is 0.244 e. The molecule has 0 spiro atoms. The molecule has 0 aromatic carbocycles. The second-order valence-electron chi connectivity index (χ2n) is 3.01. The van der Waals surface area contributed by atoms with Crippen molar-refractivity contribution in [2.24, 2.45) is 5.41 Å². The van der Waals surface area contributed by atoms with Gasteiger partial charge in [0.25, 0.3) is 0 Å². The van der Waals surface area contributed by atoms with Crippen LogP contribution in [0.1, 0.15) is 20.8 Å². The van der Waals surface area contributed by atoms with Crippen molar-refractivity contribution >= 4 is 22.6 Å². The highest BCUT2D eigenvalue weighted by atomic mass is 127. The summed E-state index contributed by atoms with van der Waals surface area (Å²) in [5.41, 5.74) is -0.104. The summed E-state index contributed by atoms with van der Waals surface area (Å²) in [6.45, 7) is 5.82. The van der Waals surface area contributed by atoms with Crippen LogP contribution < -0.4 is 0 Å². The van der Waals surface area contributed by atoms with E-state index in [0.29, 0.717) is 0 Å². The lowest BCUT2D eigenvalue weighted by Gasteiger charge is -2.14. The Morgan fingerprint density at radius 3 is 2.10 bits per heavy atom. The zero-order valence-electron chi connectivity index (χ0n) is 6.22. The fourth-order valence-electron chi connectivity index (χ4n) is 0.286. The monoisotopic (exact) mass is 255 g/mol. The van der Waals surface area contributed by atoms with E-state index in [1.807, 2.05) is 43.4 Å². The average molecular weight is 255 g/mol. The van der Waals surface area contributed by atoms with Crippen molar-refractivity contribution in [3.8, 4) is 0 Å². The van der Waals surface area contributed by atoms with Gasteiger partial charge in [-0.25, -0.2) is 0 Å². The summed E-state index contributed by atoms with van der Waals surface area (Å²) in [7, 11) is 0. The molecule has 0 bridgehead atoms. The average Bonchev–Trinajstić information content (AvgIpc) is 1.60. The van der Waals surface area contributed by atoms with Crippen molar-refractivity contribution in [1.82, 2.24) is 0 Å². The predicted octanol–water partition coefficient (Wildman–Crippen LogP) is 2.59. The third-order valence-corrected chi connectivity index (χ3v) is 2.83. The van der Waals surface area contributed by atoms with E-state index in [9.17, 15) is 10.1 Å². The summed E-state index contributed by atoms with van der Waals surface area (Å²) in [5, 5.41) is 9.98. The van der Waals surface area contributed by atoms with Gasteiger partial charge in [-0.15, -0.1) is 0 Å². The summed E-state index contributed by atoms with van der Waals surface area (Å²) < 4.78 is 0.759. The standard InChI is InChI=1S/C6H10INO2/c1-6(2,3)5(7)4-8(9)10/h4H,1-3H3/b5-4+. The third kappa shape index (κ3) is 3.81. The summed E-state index contributed by atoms with van der Waals surface area (Å²) in [6.07, 6.45) is 1.04. The van der Waals surface area contributed by atoms with Crippen molar-refractivity contribution in [3.05, 3.63) is 19.9 Å². The van der Waals surface area contributed by atoms with Crippen LogP contribution in [0.15, 0.2) is 9.78 Å². The highest BCUT2D eigenvalue weighted by molar-refractivity contribution is 14.1. The van der Waals surface area contributed by atoms with Gasteiger partial charge in [-0.1, -0.05) is 20.8 Å². The van der Waals surface area contributed by atoms with Gasteiger partial charge >= 0.3 is 0 Å². The molecule has 0 saturated carbocycles. The Morgan fingerprint density at radius 1 is 1.60 bits per heavy atom. The molecule has 0 atom stereocenters. The van der Waals surface area contributed by atoms with E-state index in [2.05, 4.69) is 0 Å². The summed E-state index contributed by atoms with van der Waals surface area (Å²) >= 11 is 1.98. The van der Waals surface area contributed by atoms with Crippen molar-refractivity contribution in [3.63, 3.8) is 0 Å². The van der Waals surface area contributed by atoms with Gasteiger partial charge in [0.2, 0.25) is 6.20 Å². The molecule has 3 nitrogen and oxygen atoms in total.